The lowest BCUT2D eigenvalue weighted by Gasteiger charge is -2.09. The lowest BCUT2D eigenvalue weighted by molar-refractivity contribution is -0.115. The number of amides is 1. The van der Waals surface area contributed by atoms with E-state index >= 15 is 0 Å². The highest BCUT2D eigenvalue weighted by molar-refractivity contribution is 5.99. The maximum absolute atomic E-state index is 12.5. The summed E-state index contributed by atoms with van der Waals surface area (Å²) >= 11 is 0. The van der Waals surface area contributed by atoms with Crippen molar-refractivity contribution in [3.63, 3.8) is 0 Å². The maximum Gasteiger partial charge on any atom is 0.340 e. The quantitative estimate of drug-likeness (QED) is 0.409. The fraction of sp³-hybridized carbons (Fsp3) is 0.174. The first kappa shape index (κ1) is 18.7. The van der Waals surface area contributed by atoms with Crippen LogP contribution in [0.15, 0.2) is 56.3 Å². The summed E-state index contributed by atoms with van der Waals surface area (Å²) in [4.78, 5) is 36.6. The van der Waals surface area contributed by atoms with E-state index in [2.05, 4.69) is 5.32 Å². The zero-order valence-electron chi connectivity index (χ0n) is 16.3. The molecule has 0 atom stereocenters. The van der Waals surface area contributed by atoms with Crippen molar-refractivity contribution in [2.24, 2.45) is 0 Å². The minimum absolute atomic E-state index is 0.0898. The van der Waals surface area contributed by atoms with Crippen molar-refractivity contribution < 1.29 is 18.4 Å². The molecule has 0 aliphatic heterocycles. The predicted molar refractivity (Wildman–Crippen MR) is 111 cm³/mol. The standard InChI is InChI=1S/C23H19NO5/c1-12-11-28-20-10-21-18(8-17(12)20)13(2)19(23(27)29-21)9-22(26)24-16-6-4-5-15(7-16)14(3)25/h4-8,10-11H,9H2,1-3H3,(H,24,26). The first-order valence-electron chi connectivity index (χ1n) is 9.18. The highest BCUT2D eigenvalue weighted by atomic mass is 16.4. The summed E-state index contributed by atoms with van der Waals surface area (Å²) in [6.45, 7) is 5.21. The number of nitrogens with one attached hydrogen (secondary N) is 1. The van der Waals surface area contributed by atoms with E-state index in [1.165, 1.54) is 6.92 Å². The molecule has 146 valence electrons. The van der Waals surface area contributed by atoms with Crippen LogP contribution in [0.3, 0.4) is 0 Å². The summed E-state index contributed by atoms with van der Waals surface area (Å²) in [5, 5.41) is 4.44. The van der Waals surface area contributed by atoms with Gasteiger partial charge >= 0.3 is 5.63 Å². The van der Waals surface area contributed by atoms with Crippen LogP contribution in [-0.2, 0) is 11.2 Å². The molecule has 4 aromatic rings. The van der Waals surface area contributed by atoms with Crippen LogP contribution < -0.4 is 10.9 Å². The van der Waals surface area contributed by atoms with Gasteiger partial charge in [0.1, 0.15) is 11.2 Å². The Bertz CT molecular complexity index is 1340. The second-order valence-corrected chi connectivity index (χ2v) is 7.12. The van der Waals surface area contributed by atoms with Gasteiger partial charge in [0.25, 0.3) is 0 Å². The number of benzene rings is 2. The van der Waals surface area contributed by atoms with Gasteiger partial charge in [-0.1, -0.05) is 12.1 Å². The molecule has 0 saturated heterocycles. The Morgan fingerprint density at radius 3 is 2.59 bits per heavy atom. The van der Waals surface area contributed by atoms with Crippen molar-refractivity contribution in [2.75, 3.05) is 5.32 Å². The van der Waals surface area contributed by atoms with Gasteiger partial charge in [-0.2, -0.15) is 0 Å². The van der Waals surface area contributed by atoms with E-state index in [-0.39, 0.29) is 18.1 Å². The van der Waals surface area contributed by atoms with Crippen LogP contribution >= 0.6 is 0 Å². The largest absolute Gasteiger partial charge is 0.464 e. The summed E-state index contributed by atoms with van der Waals surface area (Å²) in [7, 11) is 0. The smallest absolute Gasteiger partial charge is 0.340 e. The van der Waals surface area contributed by atoms with Crippen molar-refractivity contribution >= 4 is 39.3 Å². The number of fused-ring (bicyclic) bond motifs is 2. The molecule has 29 heavy (non-hydrogen) atoms. The summed E-state index contributed by atoms with van der Waals surface area (Å²) < 4.78 is 10.9. The molecule has 0 fully saturated rings. The van der Waals surface area contributed by atoms with E-state index in [4.69, 9.17) is 8.83 Å². The number of anilines is 1. The molecule has 0 saturated carbocycles. The molecule has 4 rings (SSSR count). The molecule has 1 N–H and O–H groups in total. The van der Waals surface area contributed by atoms with Gasteiger partial charge in [-0.15, -0.1) is 0 Å². The fourth-order valence-electron chi connectivity index (χ4n) is 3.42. The van der Waals surface area contributed by atoms with Gasteiger partial charge < -0.3 is 14.2 Å². The van der Waals surface area contributed by atoms with Crippen molar-refractivity contribution in [3.05, 3.63) is 75.3 Å². The number of carbonyl (C=O) groups is 2. The van der Waals surface area contributed by atoms with Gasteiger partial charge in [-0.05, 0) is 50.1 Å². The van der Waals surface area contributed by atoms with Crippen molar-refractivity contribution in [3.8, 4) is 0 Å². The molecule has 6 heteroatoms. The zero-order valence-corrected chi connectivity index (χ0v) is 16.3. The van der Waals surface area contributed by atoms with Gasteiger partial charge in [0.2, 0.25) is 5.91 Å². The molecule has 2 heterocycles. The van der Waals surface area contributed by atoms with Gasteiger partial charge in [0.05, 0.1) is 18.2 Å². The molecule has 2 aromatic heterocycles. The monoisotopic (exact) mass is 389 g/mol. The lowest BCUT2D eigenvalue weighted by Crippen LogP contribution is -2.20. The molecule has 6 nitrogen and oxygen atoms in total. The number of carbonyl (C=O) groups excluding carboxylic acids is 2. The second kappa shape index (κ2) is 7.05. The SMILES string of the molecule is CC(=O)c1cccc(NC(=O)Cc2c(C)c3cc4c(C)coc4cc3oc2=O)c1. The Hall–Kier alpha value is -3.67. The third-order valence-electron chi connectivity index (χ3n) is 5.07. The van der Waals surface area contributed by atoms with Crippen LogP contribution in [-0.4, -0.2) is 11.7 Å². The molecule has 0 aliphatic carbocycles. The zero-order chi connectivity index (χ0) is 20.7. The van der Waals surface area contributed by atoms with Crippen LogP contribution in [0, 0.1) is 13.8 Å². The van der Waals surface area contributed by atoms with E-state index in [0.717, 1.165) is 16.3 Å². The number of hydrogen-bond acceptors (Lipinski definition) is 5. The molecule has 0 spiro atoms. The molecule has 2 aromatic carbocycles. The summed E-state index contributed by atoms with van der Waals surface area (Å²) in [5.74, 6) is -0.450. The number of ketones is 1. The van der Waals surface area contributed by atoms with Crippen molar-refractivity contribution in [2.45, 2.75) is 27.2 Å². The Morgan fingerprint density at radius 2 is 1.83 bits per heavy atom. The van der Waals surface area contributed by atoms with Gasteiger partial charge in [-0.25, -0.2) is 4.79 Å². The summed E-state index contributed by atoms with van der Waals surface area (Å²) in [6.07, 6.45) is 1.53. The average Bonchev–Trinajstić information content (AvgIpc) is 3.04. The number of aryl methyl sites for hydroxylation is 2. The summed E-state index contributed by atoms with van der Waals surface area (Å²) in [5.41, 5.74) is 3.51. The lowest BCUT2D eigenvalue weighted by atomic mass is 10.0. The second-order valence-electron chi connectivity index (χ2n) is 7.12. The van der Waals surface area contributed by atoms with Gasteiger partial charge in [0, 0.05) is 28.1 Å². The average molecular weight is 389 g/mol. The molecule has 0 bridgehead atoms. The number of furan rings is 1. The number of rotatable bonds is 4. The third-order valence-corrected chi connectivity index (χ3v) is 5.07. The number of hydrogen-bond donors (Lipinski definition) is 1. The number of Topliss-reactive ketones (excluding diaryl/α,β-unsaturated/α-hetero) is 1. The van der Waals surface area contributed by atoms with E-state index in [1.807, 2.05) is 13.0 Å². The Labute approximate surface area is 166 Å². The highest BCUT2D eigenvalue weighted by Crippen LogP contribution is 2.29. The minimum atomic E-state index is -0.551. The van der Waals surface area contributed by atoms with Crippen LogP contribution in [0.4, 0.5) is 5.69 Å². The Morgan fingerprint density at radius 1 is 1.03 bits per heavy atom. The van der Waals surface area contributed by atoms with Crippen molar-refractivity contribution in [1.29, 1.82) is 0 Å². The molecule has 0 aliphatic rings. The van der Waals surface area contributed by atoms with E-state index < -0.39 is 5.63 Å². The van der Waals surface area contributed by atoms with Gasteiger partial charge in [-0.3, -0.25) is 9.59 Å². The normalized spacial score (nSPS) is 11.1. The topological polar surface area (TPSA) is 89.5 Å². The molecule has 0 unspecified atom stereocenters. The van der Waals surface area contributed by atoms with Crippen molar-refractivity contribution in [1.82, 2.24) is 0 Å². The van der Waals surface area contributed by atoms with Crippen LogP contribution in [0.1, 0.15) is 34.0 Å². The van der Waals surface area contributed by atoms with Crippen LogP contribution in [0.25, 0.3) is 21.9 Å². The fourth-order valence-corrected chi connectivity index (χ4v) is 3.42. The molecular weight excluding hydrogens is 370 g/mol. The Kier molecular flexibility index (Phi) is 4.54. The van der Waals surface area contributed by atoms with Gasteiger partial charge in [0.15, 0.2) is 5.78 Å². The molecular formula is C23H19NO5. The summed E-state index contributed by atoms with van der Waals surface area (Å²) in [6, 6.07) is 10.3. The first-order valence-corrected chi connectivity index (χ1v) is 9.18. The third kappa shape index (κ3) is 3.45. The van der Waals surface area contributed by atoms with E-state index in [0.29, 0.717) is 33.5 Å². The predicted octanol–water partition coefficient (Wildman–Crippen LogP) is 4.54. The maximum atomic E-state index is 12.5. The van der Waals surface area contributed by atoms with Crippen LogP contribution in [0.5, 0.6) is 0 Å². The molecule has 0 radical (unpaired) electrons. The first-order chi connectivity index (χ1) is 13.8. The van der Waals surface area contributed by atoms with Crippen LogP contribution in [0.2, 0.25) is 0 Å². The Balaban J connectivity index is 1.68. The highest BCUT2D eigenvalue weighted by Gasteiger charge is 2.17. The van der Waals surface area contributed by atoms with E-state index in [1.54, 1.807) is 43.5 Å². The molecule has 1 amide bonds. The minimum Gasteiger partial charge on any atom is -0.464 e. The van der Waals surface area contributed by atoms with E-state index in [9.17, 15) is 14.4 Å².